The number of hydrogen-bond acceptors (Lipinski definition) is 4. The molecule has 1 aliphatic rings. The van der Waals surface area contributed by atoms with Crippen LogP contribution in [0.1, 0.15) is 36.1 Å². The molecular formula is C33H31F6N3O2. The smallest absolute Gasteiger partial charge is 0.378 e. The van der Waals surface area contributed by atoms with Gasteiger partial charge in [0.1, 0.15) is 5.82 Å². The molecule has 0 aliphatic carbocycles. The number of nitrogens with zero attached hydrogens (tertiary/aromatic N) is 3. The quantitative estimate of drug-likeness (QED) is 0.213. The van der Waals surface area contributed by atoms with Gasteiger partial charge in [-0.1, -0.05) is 24.3 Å². The zero-order valence-electron chi connectivity index (χ0n) is 24.6. The van der Waals surface area contributed by atoms with Crippen molar-refractivity contribution >= 4 is 28.3 Å². The molecule has 5 rings (SSSR count). The van der Waals surface area contributed by atoms with Gasteiger partial charge in [0.05, 0.1) is 35.3 Å². The standard InChI is InChI=1S/C33H31F6N3O2/c1-20-7-5-6-8-25(20)26-19-29(42-11-13-44-14-12-42)40-28-10-9-24(18-27(26)28)41(4)30(43)31(2,3)21-15-22(32(34,35)36)17-23(16-21)33(37,38)39/h5-10,15-19H,11-14H2,1-4H3. The molecule has 0 radical (unpaired) electrons. The number of pyridine rings is 1. The van der Waals surface area contributed by atoms with Gasteiger partial charge in [-0.2, -0.15) is 26.3 Å². The van der Waals surface area contributed by atoms with E-state index in [0.717, 1.165) is 27.9 Å². The minimum atomic E-state index is -5.03. The molecule has 1 aromatic heterocycles. The number of carbonyl (C=O) groups excluding carboxylic acids is 1. The van der Waals surface area contributed by atoms with Crippen LogP contribution in [0.2, 0.25) is 0 Å². The number of carbonyl (C=O) groups is 1. The SMILES string of the molecule is Cc1ccccc1-c1cc(N2CCOCC2)nc2ccc(N(C)C(=O)C(C)(C)c3cc(C(F)(F)F)cc(C(F)(F)F)c3)cc12. The van der Waals surface area contributed by atoms with E-state index in [-0.39, 0.29) is 6.07 Å². The lowest BCUT2D eigenvalue weighted by Gasteiger charge is -2.31. The summed E-state index contributed by atoms with van der Waals surface area (Å²) in [7, 11) is 1.45. The fourth-order valence-electron chi connectivity index (χ4n) is 5.44. The van der Waals surface area contributed by atoms with E-state index in [1.165, 1.54) is 25.8 Å². The Morgan fingerprint density at radius 1 is 0.818 bits per heavy atom. The average molecular weight is 616 g/mol. The van der Waals surface area contributed by atoms with Crippen molar-refractivity contribution in [3.63, 3.8) is 0 Å². The molecule has 3 aromatic carbocycles. The highest BCUT2D eigenvalue weighted by atomic mass is 19.4. The second-order valence-electron chi connectivity index (χ2n) is 11.4. The second-order valence-corrected chi connectivity index (χ2v) is 11.4. The summed E-state index contributed by atoms with van der Waals surface area (Å²) in [6.45, 7) is 7.15. The molecule has 0 unspecified atom stereocenters. The van der Waals surface area contributed by atoms with Gasteiger partial charge < -0.3 is 14.5 Å². The summed E-state index contributed by atoms with van der Waals surface area (Å²) < 4.78 is 86.9. The first-order chi connectivity index (χ1) is 20.6. The molecule has 232 valence electrons. The highest BCUT2D eigenvalue weighted by Gasteiger charge is 2.41. The second kappa shape index (κ2) is 11.4. The molecule has 0 atom stereocenters. The van der Waals surface area contributed by atoms with Gasteiger partial charge in [0.2, 0.25) is 5.91 Å². The minimum absolute atomic E-state index is 0.0579. The zero-order valence-corrected chi connectivity index (χ0v) is 24.6. The molecule has 0 spiro atoms. The molecule has 1 fully saturated rings. The van der Waals surface area contributed by atoms with Crippen LogP contribution in [-0.4, -0.2) is 44.2 Å². The highest BCUT2D eigenvalue weighted by molar-refractivity contribution is 6.04. The lowest BCUT2D eigenvalue weighted by Crippen LogP contribution is -2.41. The lowest BCUT2D eigenvalue weighted by molar-refractivity contribution is -0.143. The number of aromatic nitrogens is 1. The molecule has 2 heterocycles. The van der Waals surface area contributed by atoms with E-state index < -0.39 is 40.4 Å². The summed E-state index contributed by atoms with van der Waals surface area (Å²) in [6, 6.07) is 16.3. The van der Waals surface area contributed by atoms with Crippen LogP contribution < -0.4 is 9.80 Å². The maximum atomic E-state index is 13.8. The average Bonchev–Trinajstić information content (AvgIpc) is 2.99. The van der Waals surface area contributed by atoms with Gasteiger partial charge in [-0.15, -0.1) is 0 Å². The van der Waals surface area contributed by atoms with Gasteiger partial charge >= 0.3 is 12.4 Å². The third-order valence-corrected chi connectivity index (χ3v) is 8.09. The predicted molar refractivity (Wildman–Crippen MR) is 158 cm³/mol. The van der Waals surface area contributed by atoms with Crippen LogP contribution in [0.25, 0.3) is 22.0 Å². The van der Waals surface area contributed by atoms with Gasteiger partial charge in [0.25, 0.3) is 0 Å². The van der Waals surface area contributed by atoms with Crippen LogP contribution in [-0.2, 0) is 27.3 Å². The van der Waals surface area contributed by atoms with Crippen molar-refractivity contribution in [1.29, 1.82) is 0 Å². The van der Waals surface area contributed by atoms with E-state index in [4.69, 9.17) is 9.72 Å². The third kappa shape index (κ3) is 6.10. The minimum Gasteiger partial charge on any atom is -0.378 e. The largest absolute Gasteiger partial charge is 0.416 e. The fraction of sp³-hybridized carbons (Fsp3) is 0.333. The number of amides is 1. The number of alkyl halides is 6. The molecule has 5 nitrogen and oxygen atoms in total. The zero-order chi connectivity index (χ0) is 32.0. The van der Waals surface area contributed by atoms with Crippen LogP contribution in [0.15, 0.2) is 66.7 Å². The summed E-state index contributed by atoms with van der Waals surface area (Å²) in [5, 5.41) is 0.740. The summed E-state index contributed by atoms with van der Waals surface area (Å²) in [5.74, 6) is 0.0991. The van der Waals surface area contributed by atoms with E-state index in [9.17, 15) is 31.1 Å². The Bertz CT molecular complexity index is 1680. The third-order valence-electron chi connectivity index (χ3n) is 8.09. The summed E-state index contributed by atoms with van der Waals surface area (Å²) in [5.41, 5.74) is -1.12. The van der Waals surface area contributed by atoms with E-state index in [0.29, 0.717) is 49.6 Å². The maximum absolute atomic E-state index is 13.8. The molecule has 44 heavy (non-hydrogen) atoms. The van der Waals surface area contributed by atoms with Crippen LogP contribution in [0.3, 0.4) is 0 Å². The fourth-order valence-corrected chi connectivity index (χ4v) is 5.44. The van der Waals surface area contributed by atoms with E-state index >= 15 is 0 Å². The van der Waals surface area contributed by atoms with Gasteiger partial charge in [-0.3, -0.25) is 4.79 Å². The molecule has 1 aliphatic heterocycles. The molecule has 1 amide bonds. The van der Waals surface area contributed by atoms with Crippen LogP contribution in [0, 0.1) is 6.92 Å². The number of benzene rings is 3. The van der Waals surface area contributed by atoms with Gasteiger partial charge in [-0.05, 0) is 85.5 Å². The Kier molecular flexibility index (Phi) is 8.13. The number of rotatable bonds is 5. The normalized spacial score (nSPS) is 14.6. The van der Waals surface area contributed by atoms with E-state index in [2.05, 4.69) is 4.90 Å². The Labute approximate surface area is 251 Å². The van der Waals surface area contributed by atoms with Crippen molar-refractivity contribution < 1.29 is 35.9 Å². The Hall–Kier alpha value is -4.12. The van der Waals surface area contributed by atoms with Gasteiger partial charge in [0.15, 0.2) is 0 Å². The lowest BCUT2D eigenvalue weighted by atomic mass is 9.81. The Morgan fingerprint density at radius 2 is 1.41 bits per heavy atom. The first kappa shape index (κ1) is 31.3. The van der Waals surface area contributed by atoms with Crippen LogP contribution in [0.4, 0.5) is 37.8 Å². The molecule has 1 saturated heterocycles. The van der Waals surface area contributed by atoms with Crippen molar-refractivity contribution in [1.82, 2.24) is 4.98 Å². The van der Waals surface area contributed by atoms with E-state index in [1.54, 1.807) is 18.2 Å². The Morgan fingerprint density at radius 3 is 2.00 bits per heavy atom. The van der Waals surface area contributed by atoms with Crippen molar-refractivity contribution in [2.24, 2.45) is 0 Å². The molecule has 11 heteroatoms. The van der Waals surface area contributed by atoms with Crippen molar-refractivity contribution in [3.05, 3.63) is 89.0 Å². The highest BCUT2D eigenvalue weighted by Crippen LogP contribution is 2.40. The van der Waals surface area contributed by atoms with Crippen LogP contribution in [0.5, 0.6) is 0 Å². The monoisotopic (exact) mass is 615 g/mol. The summed E-state index contributed by atoms with van der Waals surface area (Å²) in [6.07, 6.45) is -10.1. The maximum Gasteiger partial charge on any atom is 0.416 e. The number of likely N-dealkylation sites (N-methyl/N-ethyl adjacent to an activating group) is 1. The number of aryl methyl sites for hydroxylation is 1. The molecular weight excluding hydrogens is 584 g/mol. The number of morpholine rings is 1. The number of ether oxygens (including phenoxy) is 1. The number of anilines is 2. The molecule has 0 bridgehead atoms. The first-order valence-corrected chi connectivity index (χ1v) is 14.0. The van der Waals surface area contributed by atoms with Crippen LogP contribution >= 0.6 is 0 Å². The van der Waals surface area contributed by atoms with Crippen molar-refractivity contribution in [3.8, 4) is 11.1 Å². The van der Waals surface area contributed by atoms with Gasteiger partial charge in [0, 0.05) is 31.2 Å². The van der Waals surface area contributed by atoms with Gasteiger partial charge in [-0.25, -0.2) is 4.98 Å². The molecule has 0 saturated carbocycles. The predicted octanol–water partition coefficient (Wildman–Crippen LogP) is 8.03. The van der Waals surface area contributed by atoms with Crippen molar-refractivity contribution in [2.45, 2.75) is 38.5 Å². The molecule has 4 aromatic rings. The summed E-state index contributed by atoms with van der Waals surface area (Å²) in [4.78, 5) is 22.1. The number of halogens is 6. The Balaban J connectivity index is 1.59. The number of fused-ring (bicyclic) bond motifs is 1. The topological polar surface area (TPSA) is 45.7 Å². The van der Waals surface area contributed by atoms with E-state index in [1.807, 2.05) is 37.3 Å². The summed E-state index contributed by atoms with van der Waals surface area (Å²) >= 11 is 0. The number of hydrogen-bond donors (Lipinski definition) is 0. The first-order valence-electron chi connectivity index (χ1n) is 14.0. The molecule has 0 N–H and O–H groups in total. The van der Waals surface area contributed by atoms with Crippen molar-refractivity contribution in [2.75, 3.05) is 43.2 Å².